The molecule has 8 N–H and O–H groups in total. The SMILES string of the molecule is Cc1ccc(-c2cnc(N)[nH]2)cc1.Cc1ccc(-c2cnc(N)[nH]2)cc1.O=S(=O)(O)O. The van der Waals surface area contributed by atoms with Crippen LogP contribution in [0.3, 0.4) is 0 Å². The number of benzene rings is 2. The molecular weight excluding hydrogens is 420 g/mol. The van der Waals surface area contributed by atoms with Gasteiger partial charge in [0, 0.05) is 0 Å². The Morgan fingerprint density at radius 3 is 1.23 bits per heavy atom. The number of nitrogens with one attached hydrogen (secondary N) is 2. The summed E-state index contributed by atoms with van der Waals surface area (Å²) in [5, 5.41) is 0. The Morgan fingerprint density at radius 2 is 1.00 bits per heavy atom. The zero-order chi connectivity index (χ0) is 23.0. The van der Waals surface area contributed by atoms with E-state index in [1.165, 1.54) is 11.1 Å². The molecule has 4 aromatic rings. The van der Waals surface area contributed by atoms with Gasteiger partial charge in [-0.15, -0.1) is 0 Å². The minimum Gasteiger partial charge on any atom is -0.369 e. The van der Waals surface area contributed by atoms with Gasteiger partial charge in [-0.25, -0.2) is 9.97 Å². The molecule has 0 fully saturated rings. The summed E-state index contributed by atoms with van der Waals surface area (Å²) in [4.78, 5) is 13.8. The van der Waals surface area contributed by atoms with Crippen LogP contribution in [0.1, 0.15) is 11.1 Å². The third-order valence-electron chi connectivity index (χ3n) is 3.92. The molecule has 2 aromatic heterocycles. The first kappa shape index (κ1) is 23.6. The van der Waals surface area contributed by atoms with Gasteiger partial charge in [-0.3, -0.25) is 9.11 Å². The van der Waals surface area contributed by atoms with E-state index < -0.39 is 10.4 Å². The maximum Gasteiger partial charge on any atom is 0.394 e. The van der Waals surface area contributed by atoms with E-state index in [-0.39, 0.29) is 0 Å². The van der Waals surface area contributed by atoms with Crippen LogP contribution < -0.4 is 11.5 Å². The molecule has 10 nitrogen and oxygen atoms in total. The van der Waals surface area contributed by atoms with E-state index in [1.54, 1.807) is 12.4 Å². The van der Waals surface area contributed by atoms with Gasteiger partial charge in [0.05, 0.1) is 23.8 Å². The summed E-state index contributed by atoms with van der Waals surface area (Å²) in [5.41, 5.74) is 17.6. The molecule has 0 bridgehead atoms. The van der Waals surface area contributed by atoms with Gasteiger partial charge in [0.2, 0.25) is 0 Å². The van der Waals surface area contributed by atoms with E-state index in [0.717, 1.165) is 22.5 Å². The number of nitrogen functional groups attached to an aromatic ring is 2. The summed E-state index contributed by atoms with van der Waals surface area (Å²) >= 11 is 0. The zero-order valence-corrected chi connectivity index (χ0v) is 17.8. The number of anilines is 2. The van der Waals surface area contributed by atoms with Crippen molar-refractivity contribution in [3.63, 3.8) is 0 Å². The summed E-state index contributed by atoms with van der Waals surface area (Å²) in [6.45, 7) is 4.12. The van der Waals surface area contributed by atoms with Crippen molar-refractivity contribution in [3.8, 4) is 22.5 Å². The lowest BCUT2D eigenvalue weighted by Crippen LogP contribution is -1.89. The smallest absolute Gasteiger partial charge is 0.369 e. The van der Waals surface area contributed by atoms with Gasteiger partial charge in [-0.2, -0.15) is 8.42 Å². The summed E-state index contributed by atoms with van der Waals surface area (Å²) in [7, 11) is -4.67. The highest BCUT2D eigenvalue weighted by molar-refractivity contribution is 7.79. The Labute approximate surface area is 180 Å². The molecule has 0 aliphatic carbocycles. The minimum absolute atomic E-state index is 0.454. The van der Waals surface area contributed by atoms with Gasteiger partial charge < -0.3 is 21.4 Å². The van der Waals surface area contributed by atoms with Crippen molar-refractivity contribution < 1.29 is 17.5 Å². The largest absolute Gasteiger partial charge is 0.394 e. The van der Waals surface area contributed by atoms with E-state index in [4.69, 9.17) is 29.0 Å². The van der Waals surface area contributed by atoms with Gasteiger partial charge in [0.25, 0.3) is 0 Å². The molecule has 4 rings (SSSR count). The lowest BCUT2D eigenvalue weighted by molar-refractivity contribution is 0.381. The second-order valence-corrected chi connectivity index (χ2v) is 7.44. The third-order valence-corrected chi connectivity index (χ3v) is 3.92. The number of rotatable bonds is 2. The number of nitrogens with two attached hydrogens (primary N) is 2. The number of aromatic amines is 2. The van der Waals surface area contributed by atoms with Crippen LogP contribution in [0.25, 0.3) is 22.5 Å². The number of aryl methyl sites for hydroxylation is 2. The number of imidazole rings is 2. The van der Waals surface area contributed by atoms with Crippen LogP contribution in [-0.4, -0.2) is 37.5 Å². The lowest BCUT2D eigenvalue weighted by Gasteiger charge is -1.97. The summed E-state index contributed by atoms with van der Waals surface area (Å²) in [6.07, 6.45) is 3.47. The van der Waals surface area contributed by atoms with Gasteiger partial charge >= 0.3 is 10.4 Å². The second kappa shape index (κ2) is 10.4. The number of hydrogen-bond acceptors (Lipinski definition) is 6. The number of aromatic nitrogens is 4. The molecule has 2 aromatic carbocycles. The molecule has 164 valence electrons. The normalized spacial score (nSPS) is 10.5. The van der Waals surface area contributed by atoms with E-state index in [0.29, 0.717) is 11.9 Å². The Hall–Kier alpha value is -3.67. The van der Waals surface area contributed by atoms with Crippen molar-refractivity contribution in [1.82, 2.24) is 19.9 Å². The fraction of sp³-hybridized carbons (Fsp3) is 0.100. The maximum atomic E-state index is 8.74. The van der Waals surface area contributed by atoms with Gasteiger partial charge in [0.1, 0.15) is 0 Å². The van der Waals surface area contributed by atoms with Crippen LogP contribution in [0.4, 0.5) is 11.9 Å². The van der Waals surface area contributed by atoms with Gasteiger partial charge in [0.15, 0.2) is 11.9 Å². The van der Waals surface area contributed by atoms with Crippen molar-refractivity contribution in [3.05, 3.63) is 72.1 Å². The molecule has 0 saturated heterocycles. The molecule has 2 heterocycles. The molecule has 0 unspecified atom stereocenters. The van der Waals surface area contributed by atoms with Crippen molar-refractivity contribution in [2.75, 3.05) is 11.5 Å². The van der Waals surface area contributed by atoms with Crippen molar-refractivity contribution in [2.45, 2.75) is 13.8 Å². The highest BCUT2D eigenvalue weighted by atomic mass is 32.3. The van der Waals surface area contributed by atoms with Crippen molar-refractivity contribution >= 4 is 22.3 Å². The van der Waals surface area contributed by atoms with E-state index in [9.17, 15) is 0 Å². The monoisotopic (exact) mass is 444 g/mol. The molecule has 0 amide bonds. The quantitative estimate of drug-likeness (QED) is 0.254. The van der Waals surface area contributed by atoms with Crippen molar-refractivity contribution in [1.29, 1.82) is 0 Å². The van der Waals surface area contributed by atoms with Gasteiger partial charge in [-0.1, -0.05) is 59.7 Å². The topological polar surface area (TPSA) is 184 Å². The number of H-pyrrole nitrogens is 2. The minimum atomic E-state index is -4.67. The first-order valence-electron chi connectivity index (χ1n) is 8.96. The Morgan fingerprint density at radius 1 is 0.710 bits per heavy atom. The van der Waals surface area contributed by atoms with Crippen LogP contribution in [0, 0.1) is 13.8 Å². The fourth-order valence-corrected chi connectivity index (χ4v) is 2.43. The van der Waals surface area contributed by atoms with Crippen molar-refractivity contribution in [2.24, 2.45) is 0 Å². The standard InChI is InChI=1S/2C10H11N3.H2O4S/c2*1-7-2-4-8(5-3-7)9-6-12-10(11)13-9;1-5(2,3)4/h2*2-6H,1H3,(H3,11,12,13);(H2,1,2,3,4). The zero-order valence-electron chi connectivity index (χ0n) is 16.9. The summed E-state index contributed by atoms with van der Waals surface area (Å²) in [6, 6.07) is 16.4. The molecule has 0 aliphatic heterocycles. The summed E-state index contributed by atoms with van der Waals surface area (Å²) in [5.74, 6) is 0.908. The number of hydrogen-bond donors (Lipinski definition) is 6. The average Bonchev–Trinajstić information content (AvgIpc) is 3.31. The van der Waals surface area contributed by atoms with E-state index >= 15 is 0 Å². The second-order valence-electron chi connectivity index (χ2n) is 6.54. The first-order chi connectivity index (χ1) is 14.5. The molecule has 0 spiro atoms. The summed E-state index contributed by atoms with van der Waals surface area (Å²) < 4.78 is 31.6. The molecule has 31 heavy (non-hydrogen) atoms. The van der Waals surface area contributed by atoms with Crippen LogP contribution in [0.5, 0.6) is 0 Å². The van der Waals surface area contributed by atoms with Crippen LogP contribution in [0.2, 0.25) is 0 Å². The van der Waals surface area contributed by atoms with E-state index in [2.05, 4.69) is 58.0 Å². The first-order valence-corrected chi connectivity index (χ1v) is 10.4. The Balaban J connectivity index is 0.000000182. The third kappa shape index (κ3) is 8.70. The predicted octanol–water partition coefficient (Wildman–Crippen LogP) is 3.28. The Kier molecular flexibility index (Phi) is 7.91. The molecule has 0 saturated carbocycles. The predicted molar refractivity (Wildman–Crippen MR) is 121 cm³/mol. The molecule has 11 heteroatoms. The van der Waals surface area contributed by atoms with E-state index in [1.807, 2.05) is 24.3 Å². The lowest BCUT2D eigenvalue weighted by atomic mass is 10.1. The van der Waals surface area contributed by atoms with Crippen LogP contribution in [0.15, 0.2) is 60.9 Å². The maximum absolute atomic E-state index is 8.74. The molecular formula is C20H24N6O4S. The van der Waals surface area contributed by atoms with Crippen LogP contribution in [-0.2, 0) is 10.4 Å². The molecule has 0 aliphatic rings. The highest BCUT2D eigenvalue weighted by Crippen LogP contribution is 2.18. The fourth-order valence-electron chi connectivity index (χ4n) is 2.43. The average molecular weight is 445 g/mol. The Bertz CT molecular complexity index is 1110. The highest BCUT2D eigenvalue weighted by Gasteiger charge is 2.00. The molecule has 0 radical (unpaired) electrons. The van der Waals surface area contributed by atoms with Gasteiger partial charge in [-0.05, 0) is 25.0 Å². The molecule has 0 atom stereocenters. The van der Waals surface area contributed by atoms with Crippen LogP contribution >= 0.6 is 0 Å². The number of nitrogens with zero attached hydrogens (tertiary/aromatic N) is 2.